The number of aliphatic carboxylic acids is 1. The van der Waals surface area contributed by atoms with Crippen LogP contribution in [-0.4, -0.2) is 51.1 Å². The lowest BCUT2D eigenvalue weighted by Gasteiger charge is -2.39. The molecule has 0 saturated heterocycles. The summed E-state index contributed by atoms with van der Waals surface area (Å²) in [4.78, 5) is 24.6. The maximum Gasteiger partial charge on any atom is 0.320 e. The molecule has 0 fully saturated rings. The van der Waals surface area contributed by atoms with E-state index in [1.165, 1.54) is 12.1 Å². The number of carboxylic acid groups (broad SMARTS) is 1. The lowest BCUT2D eigenvalue weighted by atomic mass is 9.66. The number of hydrogen-bond donors (Lipinski definition) is 6. The van der Waals surface area contributed by atoms with Crippen LogP contribution in [-0.2, 0) is 25.0 Å². The molecule has 1 aliphatic carbocycles. The highest BCUT2D eigenvalue weighted by atomic mass is 32.3. The molecule has 1 heterocycles. The van der Waals surface area contributed by atoms with Crippen LogP contribution in [0.15, 0.2) is 57.3 Å². The van der Waals surface area contributed by atoms with Crippen LogP contribution in [0.2, 0.25) is 0 Å². The summed E-state index contributed by atoms with van der Waals surface area (Å²) in [6.07, 6.45) is 1.24. The van der Waals surface area contributed by atoms with Crippen molar-refractivity contribution in [1.29, 1.82) is 0 Å². The number of rotatable bonds is 8. The molecule has 0 radical (unpaired) electrons. The Morgan fingerprint density at radius 2 is 1.87 bits per heavy atom. The van der Waals surface area contributed by atoms with E-state index in [9.17, 15) is 32.2 Å². The number of fused-ring (bicyclic) bond motifs is 2. The van der Waals surface area contributed by atoms with Crippen molar-refractivity contribution in [2.45, 2.75) is 43.9 Å². The molecule has 0 unspecified atom stereocenters. The Kier molecular flexibility index (Phi) is 7.08. The minimum absolute atomic E-state index is 0.101. The fraction of sp³-hybridized carbons (Fsp3) is 0.320. The Morgan fingerprint density at radius 3 is 2.53 bits per heavy atom. The number of carboxylic acids is 1. The Hall–Kier alpha value is -3.39. The van der Waals surface area contributed by atoms with Crippen LogP contribution >= 0.6 is 10.8 Å². The number of anilines is 2. The Labute approximate surface area is 221 Å². The number of Topliss-reactive ketones (excluding diaryl/α,β-unsaturated/α-hetero) is 1. The third kappa shape index (κ3) is 5.14. The molecule has 38 heavy (non-hydrogen) atoms. The fourth-order valence-corrected chi connectivity index (χ4v) is 6.66. The summed E-state index contributed by atoms with van der Waals surface area (Å²) in [7, 11) is -8.19. The number of carbonyl (C=O) groups is 2. The van der Waals surface area contributed by atoms with Crippen LogP contribution in [0.1, 0.15) is 44.7 Å². The summed E-state index contributed by atoms with van der Waals surface area (Å²) in [6, 6.07) is 10.8. The molecule has 0 saturated carbocycles. The van der Waals surface area contributed by atoms with Gasteiger partial charge in [-0.25, -0.2) is 8.42 Å². The number of hydrogen-bond acceptors (Lipinski definition) is 9. The van der Waals surface area contributed by atoms with Crippen molar-refractivity contribution in [1.82, 2.24) is 0 Å². The van der Waals surface area contributed by atoms with Gasteiger partial charge in [0.25, 0.3) is 0 Å². The zero-order chi connectivity index (χ0) is 28.0. The Morgan fingerprint density at radius 1 is 1.18 bits per heavy atom. The van der Waals surface area contributed by atoms with E-state index in [1.54, 1.807) is 31.2 Å². The van der Waals surface area contributed by atoms with Gasteiger partial charge in [0.2, 0.25) is 10.0 Å². The van der Waals surface area contributed by atoms with Gasteiger partial charge in [-0.05, 0) is 49.4 Å². The molecule has 0 spiro atoms. The summed E-state index contributed by atoms with van der Waals surface area (Å²) in [5.41, 5.74) is -0.0191. The quantitative estimate of drug-likeness (QED) is 0.267. The highest BCUT2D eigenvalue weighted by Crippen LogP contribution is 2.57. The molecule has 204 valence electrons. The number of nitrogens with one attached hydrogen (secondary N) is 2. The minimum Gasteiger partial charge on any atom is -0.506 e. The van der Waals surface area contributed by atoms with Gasteiger partial charge in [-0.2, -0.15) is 0 Å². The minimum atomic E-state index is -4.24. The van der Waals surface area contributed by atoms with Gasteiger partial charge in [0.15, 0.2) is 17.4 Å². The number of sulfonamides is 1. The maximum atomic E-state index is 13.9. The highest BCUT2D eigenvalue weighted by Gasteiger charge is 2.46. The largest absolute Gasteiger partial charge is 0.506 e. The highest BCUT2D eigenvalue weighted by molar-refractivity contribution is 8.23. The number of aliphatic hydroxyl groups is 1. The Balaban J connectivity index is 1.77. The van der Waals surface area contributed by atoms with E-state index in [0.717, 1.165) is 12.5 Å². The van der Waals surface area contributed by atoms with Crippen molar-refractivity contribution in [3.8, 4) is 0 Å². The van der Waals surface area contributed by atoms with E-state index < -0.39 is 43.7 Å². The molecule has 1 aliphatic heterocycles. The van der Waals surface area contributed by atoms with Gasteiger partial charge in [-0.1, -0.05) is 48.9 Å². The number of nitrogens with zero attached hydrogens (tertiary/aromatic N) is 1. The second-order valence-corrected chi connectivity index (χ2v) is 13.3. The zero-order valence-corrected chi connectivity index (χ0v) is 22.6. The van der Waals surface area contributed by atoms with E-state index in [-0.39, 0.29) is 33.4 Å². The molecule has 4 rings (SSSR count). The molecule has 0 bridgehead atoms. The molecule has 6 N–H and O–H groups in total. The van der Waals surface area contributed by atoms with E-state index >= 15 is 0 Å². The lowest BCUT2D eigenvalue weighted by Crippen LogP contribution is -2.42. The van der Waals surface area contributed by atoms with Gasteiger partial charge in [-0.3, -0.25) is 23.4 Å². The van der Waals surface area contributed by atoms with E-state index in [1.807, 2.05) is 13.8 Å². The van der Waals surface area contributed by atoms with Crippen molar-refractivity contribution in [2.75, 3.05) is 15.8 Å². The molecule has 0 aromatic heterocycles. The van der Waals surface area contributed by atoms with Crippen molar-refractivity contribution < 1.29 is 37.3 Å². The average Bonchev–Trinajstić information content (AvgIpc) is 2.81. The van der Waals surface area contributed by atoms with Crippen molar-refractivity contribution >= 4 is 55.5 Å². The predicted molar refractivity (Wildman–Crippen MR) is 146 cm³/mol. The van der Waals surface area contributed by atoms with E-state index in [4.69, 9.17) is 5.11 Å². The topological polar surface area (TPSA) is 186 Å². The monoisotopic (exact) mass is 563 g/mol. The SMILES string of the molecule is CC(C)CC[C@@]1(C)C(=O)C(C2=NS(O)(O)c3cc(NS(=O)(=O)CC(=O)O)ccc3N2)=C(O)c2ccccc21. The number of benzene rings is 2. The average molecular weight is 564 g/mol. The van der Waals surface area contributed by atoms with Crippen LogP contribution in [0.25, 0.3) is 5.76 Å². The smallest absolute Gasteiger partial charge is 0.320 e. The van der Waals surface area contributed by atoms with Crippen LogP contribution in [0, 0.1) is 5.92 Å². The molecule has 11 nitrogen and oxygen atoms in total. The van der Waals surface area contributed by atoms with Gasteiger partial charge in [0.1, 0.15) is 16.2 Å². The van der Waals surface area contributed by atoms with Gasteiger partial charge in [-0.15, -0.1) is 4.40 Å². The molecular weight excluding hydrogens is 534 g/mol. The van der Waals surface area contributed by atoms with Gasteiger partial charge in [0, 0.05) is 5.56 Å². The standard InChI is InChI=1S/C25H29N3O8S2/c1-14(2)10-11-25(3)17-7-5-4-6-16(17)22(31)21(23(25)32)24-26-18-9-8-15(12-19(18)38(35,36)28-24)27-37(33,34)13-20(29)30/h4-9,12,14,27,31,35-36H,10-11,13H2,1-3H3,(H,26,28)(H,29,30)/t25-/m1/s1. The third-order valence-corrected chi connectivity index (χ3v) is 9.07. The summed E-state index contributed by atoms with van der Waals surface area (Å²) < 4.78 is 51.9. The van der Waals surface area contributed by atoms with E-state index in [0.29, 0.717) is 23.5 Å². The first kappa shape index (κ1) is 27.6. The summed E-state index contributed by atoms with van der Waals surface area (Å²) in [5, 5.41) is 22.8. The van der Waals surface area contributed by atoms with Crippen molar-refractivity contribution in [3.05, 3.63) is 59.2 Å². The number of ketones is 1. The first-order valence-corrected chi connectivity index (χ1v) is 14.9. The normalized spacial score (nSPS) is 21.2. The molecule has 0 amide bonds. The fourth-order valence-electron chi connectivity index (χ4n) is 4.59. The number of carbonyl (C=O) groups excluding carboxylic acids is 1. The van der Waals surface area contributed by atoms with Crippen LogP contribution in [0.3, 0.4) is 0 Å². The van der Waals surface area contributed by atoms with E-state index in [2.05, 4.69) is 14.4 Å². The maximum absolute atomic E-state index is 13.9. The second kappa shape index (κ2) is 9.73. The first-order chi connectivity index (χ1) is 17.6. The van der Waals surface area contributed by atoms with Gasteiger partial charge >= 0.3 is 5.97 Å². The van der Waals surface area contributed by atoms with Crippen LogP contribution < -0.4 is 10.0 Å². The third-order valence-electron chi connectivity index (χ3n) is 6.54. The molecular formula is C25H29N3O8S2. The Bertz CT molecular complexity index is 1500. The summed E-state index contributed by atoms with van der Waals surface area (Å²) in [5.74, 6) is -3.38. The molecule has 2 aromatic carbocycles. The molecule has 1 atom stereocenters. The number of amidine groups is 1. The van der Waals surface area contributed by atoms with Crippen molar-refractivity contribution in [3.63, 3.8) is 0 Å². The first-order valence-electron chi connectivity index (χ1n) is 11.7. The summed E-state index contributed by atoms with van der Waals surface area (Å²) in [6.45, 7) is 5.89. The summed E-state index contributed by atoms with van der Waals surface area (Å²) >= 11 is 0. The number of aliphatic hydroxyl groups excluding tert-OH is 1. The van der Waals surface area contributed by atoms with Crippen LogP contribution in [0.5, 0.6) is 0 Å². The second-order valence-electron chi connectivity index (χ2n) is 9.91. The zero-order valence-electron chi connectivity index (χ0n) is 20.9. The van der Waals surface area contributed by atoms with Crippen LogP contribution in [0.4, 0.5) is 11.4 Å². The molecule has 2 aliphatic rings. The van der Waals surface area contributed by atoms with Gasteiger partial charge in [0.05, 0.1) is 16.8 Å². The molecule has 13 heteroatoms. The lowest BCUT2D eigenvalue weighted by molar-refractivity contribution is -0.134. The molecule has 2 aromatic rings. The predicted octanol–water partition coefficient (Wildman–Crippen LogP) is 4.61. The van der Waals surface area contributed by atoms with Crippen molar-refractivity contribution in [2.24, 2.45) is 10.3 Å². The van der Waals surface area contributed by atoms with Gasteiger partial charge < -0.3 is 15.5 Å².